The number of carbonyl (C=O) groups excluding carboxylic acids is 2. The summed E-state index contributed by atoms with van der Waals surface area (Å²) in [5.74, 6) is -1.10. The predicted octanol–water partition coefficient (Wildman–Crippen LogP) is -2.01. The molecule has 0 aromatic carbocycles. The number of rotatable bonds is 5. The number of nitrogens with one attached hydrogen (secondary N) is 1. The van der Waals surface area contributed by atoms with Crippen molar-refractivity contribution in [3.8, 4) is 0 Å². The van der Waals surface area contributed by atoms with Gasteiger partial charge in [0, 0.05) is 0 Å². The van der Waals surface area contributed by atoms with Crippen LogP contribution in [0.4, 0.5) is 0 Å². The van der Waals surface area contributed by atoms with Crippen LogP contribution >= 0.6 is 0 Å². The molecule has 0 saturated heterocycles. The van der Waals surface area contributed by atoms with E-state index in [4.69, 9.17) is 10.8 Å². The summed E-state index contributed by atoms with van der Waals surface area (Å²) in [7, 11) is 0. The Morgan fingerprint density at radius 2 is 2.23 bits per heavy atom. The van der Waals surface area contributed by atoms with Gasteiger partial charge in [0.25, 0.3) is 0 Å². The highest BCUT2D eigenvalue weighted by atomic mass is 16.5. The molecule has 0 aromatic rings. The number of hydrogen-bond acceptors (Lipinski definition) is 5. The average Bonchev–Trinajstić information content (AvgIpc) is 2.13. The molecule has 0 bridgehead atoms. The van der Waals surface area contributed by atoms with E-state index in [1.807, 2.05) is 0 Å². The van der Waals surface area contributed by atoms with E-state index in [0.29, 0.717) is 0 Å². The average molecular weight is 190 g/mol. The summed E-state index contributed by atoms with van der Waals surface area (Å²) < 4.78 is 4.55. The molecule has 0 spiro atoms. The van der Waals surface area contributed by atoms with Crippen LogP contribution in [0.3, 0.4) is 0 Å². The van der Waals surface area contributed by atoms with Crippen LogP contribution in [0.15, 0.2) is 0 Å². The molecule has 0 unspecified atom stereocenters. The molecule has 1 amide bonds. The molecule has 76 valence electrons. The van der Waals surface area contributed by atoms with E-state index >= 15 is 0 Å². The molecule has 0 fully saturated rings. The van der Waals surface area contributed by atoms with Gasteiger partial charge in [-0.1, -0.05) is 0 Å². The molecule has 0 aliphatic carbocycles. The maximum Gasteiger partial charge on any atom is 0.325 e. The van der Waals surface area contributed by atoms with Gasteiger partial charge in [0.2, 0.25) is 5.91 Å². The SMILES string of the molecule is CCOC(=O)CNC(=O)[C@@H](N)CO. The predicted molar refractivity (Wildman–Crippen MR) is 44.7 cm³/mol. The molecule has 0 saturated carbocycles. The monoisotopic (exact) mass is 190 g/mol. The van der Waals surface area contributed by atoms with Gasteiger partial charge in [0.05, 0.1) is 13.2 Å². The maximum atomic E-state index is 10.9. The maximum absolute atomic E-state index is 10.9. The van der Waals surface area contributed by atoms with Crippen LogP contribution in [0, 0.1) is 0 Å². The molecular formula is C7H14N2O4. The summed E-state index contributed by atoms with van der Waals surface area (Å²) >= 11 is 0. The number of nitrogens with two attached hydrogens (primary N) is 1. The number of aliphatic hydroxyl groups excluding tert-OH is 1. The Labute approximate surface area is 76.0 Å². The molecule has 6 heteroatoms. The molecule has 13 heavy (non-hydrogen) atoms. The Hall–Kier alpha value is -1.14. The van der Waals surface area contributed by atoms with E-state index < -0.39 is 24.5 Å². The van der Waals surface area contributed by atoms with Crippen molar-refractivity contribution in [2.75, 3.05) is 19.8 Å². The third-order valence-corrected chi connectivity index (χ3v) is 1.25. The number of hydrogen-bond donors (Lipinski definition) is 3. The second-order valence-electron chi connectivity index (χ2n) is 2.31. The first-order chi connectivity index (χ1) is 6.11. The standard InChI is InChI=1S/C7H14N2O4/c1-2-13-6(11)3-9-7(12)5(8)4-10/h5,10H,2-4,8H2,1H3,(H,9,12)/t5-/m0/s1. The number of amides is 1. The van der Waals surface area contributed by atoms with Crippen molar-refractivity contribution in [3.05, 3.63) is 0 Å². The number of esters is 1. The van der Waals surface area contributed by atoms with Crippen LogP contribution in [0.2, 0.25) is 0 Å². The lowest BCUT2D eigenvalue weighted by molar-refractivity contribution is -0.143. The fourth-order valence-electron chi connectivity index (χ4n) is 0.585. The second kappa shape index (κ2) is 6.38. The Kier molecular flexibility index (Phi) is 5.82. The number of ether oxygens (including phenoxy) is 1. The number of aliphatic hydroxyl groups is 1. The summed E-state index contributed by atoms with van der Waals surface area (Å²) in [5, 5.41) is 10.7. The lowest BCUT2D eigenvalue weighted by Crippen LogP contribution is -2.44. The lowest BCUT2D eigenvalue weighted by atomic mass is 10.3. The van der Waals surface area contributed by atoms with Crippen molar-refractivity contribution in [1.29, 1.82) is 0 Å². The third-order valence-electron chi connectivity index (χ3n) is 1.25. The van der Waals surface area contributed by atoms with Gasteiger partial charge in [-0.3, -0.25) is 9.59 Å². The van der Waals surface area contributed by atoms with E-state index in [9.17, 15) is 9.59 Å². The van der Waals surface area contributed by atoms with Gasteiger partial charge in [-0.05, 0) is 6.92 Å². The van der Waals surface area contributed by atoms with Gasteiger partial charge in [-0.25, -0.2) is 0 Å². The second-order valence-corrected chi connectivity index (χ2v) is 2.31. The van der Waals surface area contributed by atoms with E-state index in [1.165, 1.54) is 0 Å². The zero-order valence-electron chi connectivity index (χ0n) is 7.45. The first kappa shape index (κ1) is 11.9. The lowest BCUT2D eigenvalue weighted by Gasteiger charge is -2.08. The highest BCUT2D eigenvalue weighted by Gasteiger charge is 2.12. The highest BCUT2D eigenvalue weighted by Crippen LogP contribution is 1.78. The summed E-state index contributed by atoms with van der Waals surface area (Å²) in [6, 6.07) is -0.991. The summed E-state index contributed by atoms with van der Waals surface area (Å²) in [5.41, 5.74) is 5.16. The molecule has 0 radical (unpaired) electrons. The molecule has 0 aromatic heterocycles. The minimum absolute atomic E-state index is 0.222. The Morgan fingerprint density at radius 3 is 2.69 bits per heavy atom. The van der Waals surface area contributed by atoms with E-state index in [1.54, 1.807) is 6.92 Å². The fraction of sp³-hybridized carbons (Fsp3) is 0.714. The van der Waals surface area contributed by atoms with Crippen molar-refractivity contribution in [2.24, 2.45) is 5.73 Å². The van der Waals surface area contributed by atoms with Crippen molar-refractivity contribution in [3.63, 3.8) is 0 Å². The van der Waals surface area contributed by atoms with Gasteiger partial charge in [0.15, 0.2) is 0 Å². The largest absolute Gasteiger partial charge is 0.465 e. The quantitative estimate of drug-likeness (QED) is 0.434. The third kappa shape index (κ3) is 5.15. The fourth-order valence-corrected chi connectivity index (χ4v) is 0.585. The van der Waals surface area contributed by atoms with E-state index in [2.05, 4.69) is 10.1 Å². The van der Waals surface area contributed by atoms with Crippen molar-refractivity contribution < 1.29 is 19.4 Å². The molecule has 4 N–H and O–H groups in total. The Balaban J connectivity index is 3.63. The smallest absolute Gasteiger partial charge is 0.325 e. The Bertz CT molecular complexity index is 183. The minimum Gasteiger partial charge on any atom is -0.465 e. The molecule has 0 rings (SSSR count). The van der Waals surface area contributed by atoms with Gasteiger partial charge in [0.1, 0.15) is 12.6 Å². The van der Waals surface area contributed by atoms with Crippen LogP contribution in [-0.4, -0.2) is 42.8 Å². The van der Waals surface area contributed by atoms with Gasteiger partial charge in [-0.15, -0.1) is 0 Å². The summed E-state index contributed by atoms with van der Waals surface area (Å²) in [6.45, 7) is 1.26. The molecular weight excluding hydrogens is 176 g/mol. The van der Waals surface area contributed by atoms with E-state index in [-0.39, 0.29) is 13.2 Å². The zero-order valence-corrected chi connectivity index (χ0v) is 7.45. The van der Waals surface area contributed by atoms with Gasteiger partial charge >= 0.3 is 5.97 Å². The van der Waals surface area contributed by atoms with Crippen molar-refractivity contribution in [2.45, 2.75) is 13.0 Å². The van der Waals surface area contributed by atoms with Crippen LogP contribution in [0.25, 0.3) is 0 Å². The van der Waals surface area contributed by atoms with Crippen molar-refractivity contribution >= 4 is 11.9 Å². The van der Waals surface area contributed by atoms with Crippen LogP contribution in [0.5, 0.6) is 0 Å². The first-order valence-electron chi connectivity index (χ1n) is 3.91. The van der Waals surface area contributed by atoms with Gasteiger partial charge in [-0.2, -0.15) is 0 Å². The zero-order chi connectivity index (χ0) is 10.3. The van der Waals surface area contributed by atoms with Crippen LogP contribution in [0.1, 0.15) is 6.92 Å². The molecule has 0 aliphatic heterocycles. The van der Waals surface area contributed by atoms with Crippen molar-refractivity contribution in [1.82, 2.24) is 5.32 Å². The summed E-state index contributed by atoms with van der Waals surface area (Å²) in [4.78, 5) is 21.6. The molecule has 0 heterocycles. The van der Waals surface area contributed by atoms with Crippen LogP contribution < -0.4 is 11.1 Å². The first-order valence-corrected chi connectivity index (χ1v) is 3.91. The topological polar surface area (TPSA) is 102 Å². The van der Waals surface area contributed by atoms with E-state index in [0.717, 1.165) is 0 Å². The Morgan fingerprint density at radius 1 is 1.62 bits per heavy atom. The highest BCUT2D eigenvalue weighted by molar-refractivity contribution is 5.85. The van der Waals surface area contributed by atoms with Crippen LogP contribution in [-0.2, 0) is 14.3 Å². The summed E-state index contributed by atoms with van der Waals surface area (Å²) in [6.07, 6.45) is 0. The van der Waals surface area contributed by atoms with Gasteiger partial charge < -0.3 is 20.9 Å². The minimum atomic E-state index is -0.991. The molecule has 0 aliphatic rings. The number of carbonyl (C=O) groups is 2. The molecule has 1 atom stereocenters. The normalized spacial score (nSPS) is 11.9. The molecule has 6 nitrogen and oxygen atoms in total.